The van der Waals surface area contributed by atoms with E-state index in [1.807, 2.05) is 7.05 Å². The van der Waals surface area contributed by atoms with Gasteiger partial charge in [-0.25, -0.2) is 8.42 Å². The van der Waals surface area contributed by atoms with Gasteiger partial charge in [0.15, 0.2) is 0 Å². The van der Waals surface area contributed by atoms with Crippen molar-refractivity contribution in [1.82, 2.24) is 19.8 Å². The van der Waals surface area contributed by atoms with Crippen molar-refractivity contribution >= 4 is 10.0 Å². The Kier molecular flexibility index (Phi) is 3.98. The van der Waals surface area contributed by atoms with Crippen molar-refractivity contribution in [2.45, 2.75) is 38.1 Å². The molecule has 7 heteroatoms. The molecule has 0 spiro atoms. The minimum absolute atomic E-state index is 0.307. The van der Waals surface area contributed by atoms with Crippen LogP contribution in [0.1, 0.15) is 24.7 Å². The molecule has 2 N–H and O–H groups in total. The maximum absolute atomic E-state index is 12.7. The van der Waals surface area contributed by atoms with E-state index in [1.54, 1.807) is 18.2 Å². The first-order valence-corrected chi connectivity index (χ1v) is 8.01. The van der Waals surface area contributed by atoms with Crippen molar-refractivity contribution in [3.05, 3.63) is 11.4 Å². The maximum Gasteiger partial charge on any atom is 0.246 e. The van der Waals surface area contributed by atoms with Crippen molar-refractivity contribution < 1.29 is 8.42 Å². The zero-order chi connectivity index (χ0) is 14.2. The summed E-state index contributed by atoms with van der Waals surface area (Å²) in [5.74, 6) is 0.307. The monoisotopic (exact) mass is 286 g/mol. The third kappa shape index (κ3) is 2.54. The van der Waals surface area contributed by atoms with Crippen molar-refractivity contribution in [1.29, 1.82) is 0 Å². The fourth-order valence-electron chi connectivity index (χ4n) is 2.80. The molecular formula is C12H22N4O2S. The number of piperidine rings is 1. The van der Waals surface area contributed by atoms with Gasteiger partial charge in [-0.15, -0.1) is 0 Å². The van der Waals surface area contributed by atoms with E-state index in [0.717, 1.165) is 6.42 Å². The van der Waals surface area contributed by atoms with Gasteiger partial charge in [0, 0.05) is 19.1 Å². The van der Waals surface area contributed by atoms with Crippen LogP contribution >= 0.6 is 0 Å². The third-order valence-corrected chi connectivity index (χ3v) is 6.03. The molecule has 6 nitrogen and oxygen atoms in total. The maximum atomic E-state index is 12.7. The van der Waals surface area contributed by atoms with Gasteiger partial charge >= 0.3 is 0 Å². The summed E-state index contributed by atoms with van der Waals surface area (Å²) in [4.78, 5) is 0.336. The van der Waals surface area contributed by atoms with Gasteiger partial charge in [-0.05, 0) is 33.2 Å². The fourth-order valence-corrected chi connectivity index (χ4v) is 4.69. The average molecular weight is 286 g/mol. The van der Waals surface area contributed by atoms with Crippen LogP contribution < -0.4 is 5.32 Å². The molecule has 0 bridgehead atoms. The second kappa shape index (κ2) is 5.22. The van der Waals surface area contributed by atoms with E-state index < -0.39 is 10.0 Å². The topological polar surface area (TPSA) is 78.1 Å². The van der Waals surface area contributed by atoms with Crippen LogP contribution in [0.5, 0.6) is 0 Å². The van der Waals surface area contributed by atoms with E-state index in [-0.39, 0.29) is 0 Å². The molecule has 1 aliphatic heterocycles. The highest BCUT2D eigenvalue weighted by molar-refractivity contribution is 7.89. The van der Waals surface area contributed by atoms with Crippen LogP contribution in [0, 0.1) is 19.8 Å². The van der Waals surface area contributed by atoms with Crippen LogP contribution in [0.4, 0.5) is 0 Å². The SMILES string of the molecule is CNC1CCN(S(=O)(=O)c2c(C)n[nH]c2C)CC1C. The highest BCUT2D eigenvalue weighted by Gasteiger charge is 2.35. The standard InChI is InChI=1S/C12H22N4O2S/c1-8-7-16(6-5-11(8)13-4)19(17,18)12-9(2)14-15-10(12)3/h8,11,13H,5-7H2,1-4H3,(H,14,15). The number of aryl methyl sites for hydroxylation is 2. The largest absolute Gasteiger partial charge is 0.317 e. The van der Waals surface area contributed by atoms with E-state index in [9.17, 15) is 8.42 Å². The Labute approximate surface area is 114 Å². The van der Waals surface area contributed by atoms with E-state index >= 15 is 0 Å². The second-order valence-corrected chi connectivity index (χ2v) is 7.16. The molecule has 1 aliphatic rings. The lowest BCUT2D eigenvalue weighted by Gasteiger charge is -2.35. The first kappa shape index (κ1) is 14.5. The number of H-pyrrole nitrogens is 1. The molecule has 19 heavy (non-hydrogen) atoms. The van der Waals surface area contributed by atoms with E-state index in [0.29, 0.717) is 41.3 Å². The molecule has 2 unspecified atom stereocenters. The molecule has 0 radical (unpaired) electrons. The van der Waals surface area contributed by atoms with Gasteiger partial charge in [-0.3, -0.25) is 5.10 Å². The Hall–Kier alpha value is -0.920. The number of sulfonamides is 1. The van der Waals surface area contributed by atoms with Gasteiger partial charge < -0.3 is 5.32 Å². The van der Waals surface area contributed by atoms with Crippen LogP contribution in [-0.4, -0.2) is 49.1 Å². The molecular weight excluding hydrogens is 264 g/mol. The number of hydrogen-bond acceptors (Lipinski definition) is 4. The number of nitrogens with one attached hydrogen (secondary N) is 2. The summed E-state index contributed by atoms with van der Waals surface area (Å²) in [6, 6.07) is 0.387. The fraction of sp³-hybridized carbons (Fsp3) is 0.750. The lowest BCUT2D eigenvalue weighted by atomic mass is 9.96. The molecule has 0 aliphatic carbocycles. The Morgan fingerprint density at radius 3 is 2.58 bits per heavy atom. The summed E-state index contributed by atoms with van der Waals surface area (Å²) in [6.45, 7) is 6.66. The molecule has 1 aromatic rings. The normalized spacial score (nSPS) is 25.7. The molecule has 1 aromatic heterocycles. The summed E-state index contributed by atoms with van der Waals surface area (Å²) in [7, 11) is -1.51. The van der Waals surface area contributed by atoms with Gasteiger partial charge in [-0.2, -0.15) is 9.40 Å². The van der Waals surface area contributed by atoms with Gasteiger partial charge in [0.1, 0.15) is 4.90 Å². The predicted molar refractivity (Wildman–Crippen MR) is 73.4 cm³/mol. The zero-order valence-electron chi connectivity index (χ0n) is 11.9. The van der Waals surface area contributed by atoms with Crippen LogP contribution in [0.2, 0.25) is 0 Å². The molecule has 0 aromatic carbocycles. The highest BCUT2D eigenvalue weighted by Crippen LogP contribution is 2.26. The Morgan fingerprint density at radius 2 is 2.11 bits per heavy atom. The third-order valence-electron chi connectivity index (χ3n) is 3.90. The summed E-state index contributed by atoms with van der Waals surface area (Å²) in [6.07, 6.45) is 0.840. The molecule has 1 saturated heterocycles. The highest BCUT2D eigenvalue weighted by atomic mass is 32.2. The average Bonchev–Trinajstić information content (AvgIpc) is 2.69. The molecule has 1 fully saturated rings. The number of nitrogens with zero attached hydrogens (tertiary/aromatic N) is 2. The number of aromatic nitrogens is 2. The molecule has 108 valence electrons. The Balaban J connectivity index is 2.27. The quantitative estimate of drug-likeness (QED) is 0.855. The van der Waals surface area contributed by atoms with Crippen molar-refractivity contribution in [2.75, 3.05) is 20.1 Å². The Bertz CT molecular complexity index is 533. The zero-order valence-corrected chi connectivity index (χ0v) is 12.7. The molecule has 0 amide bonds. The molecule has 0 saturated carbocycles. The van der Waals surface area contributed by atoms with Gasteiger partial charge in [0.2, 0.25) is 10.0 Å². The van der Waals surface area contributed by atoms with E-state index in [4.69, 9.17) is 0 Å². The molecule has 2 rings (SSSR count). The van der Waals surface area contributed by atoms with E-state index in [1.165, 1.54) is 0 Å². The van der Waals surface area contributed by atoms with Crippen LogP contribution in [0.25, 0.3) is 0 Å². The van der Waals surface area contributed by atoms with E-state index in [2.05, 4.69) is 22.4 Å². The van der Waals surface area contributed by atoms with Gasteiger partial charge in [0.25, 0.3) is 0 Å². The summed E-state index contributed by atoms with van der Waals surface area (Å²) < 4.78 is 26.9. The van der Waals surface area contributed by atoms with Gasteiger partial charge in [-0.1, -0.05) is 6.92 Å². The lowest BCUT2D eigenvalue weighted by molar-refractivity contribution is 0.228. The van der Waals surface area contributed by atoms with Crippen molar-refractivity contribution in [2.24, 2.45) is 5.92 Å². The predicted octanol–water partition coefficient (Wildman–Crippen LogP) is 0.645. The smallest absolute Gasteiger partial charge is 0.246 e. The summed E-state index contributed by atoms with van der Waals surface area (Å²) in [5.41, 5.74) is 1.15. The summed E-state index contributed by atoms with van der Waals surface area (Å²) in [5, 5.41) is 9.97. The van der Waals surface area contributed by atoms with Crippen molar-refractivity contribution in [3.63, 3.8) is 0 Å². The lowest BCUT2D eigenvalue weighted by Crippen LogP contribution is -2.49. The first-order valence-electron chi connectivity index (χ1n) is 6.57. The number of aromatic amines is 1. The Morgan fingerprint density at radius 1 is 1.42 bits per heavy atom. The summed E-state index contributed by atoms with van der Waals surface area (Å²) >= 11 is 0. The number of rotatable bonds is 3. The van der Waals surface area contributed by atoms with Crippen LogP contribution in [-0.2, 0) is 10.0 Å². The molecule has 2 atom stereocenters. The van der Waals surface area contributed by atoms with Gasteiger partial charge in [0.05, 0.1) is 11.4 Å². The van der Waals surface area contributed by atoms with Crippen LogP contribution in [0.3, 0.4) is 0 Å². The number of hydrogen-bond donors (Lipinski definition) is 2. The van der Waals surface area contributed by atoms with Crippen molar-refractivity contribution in [3.8, 4) is 0 Å². The molecule has 2 heterocycles. The van der Waals surface area contributed by atoms with Crippen LogP contribution in [0.15, 0.2) is 4.90 Å². The first-order chi connectivity index (χ1) is 8.87. The minimum Gasteiger partial charge on any atom is -0.317 e. The minimum atomic E-state index is -3.43. The second-order valence-electron chi connectivity index (χ2n) is 5.29.